The molecule has 1 aliphatic heterocycles. The quantitative estimate of drug-likeness (QED) is 0.559. The maximum Gasteiger partial charge on any atom is 0.277 e. The van der Waals surface area contributed by atoms with Crippen LogP contribution in [-0.2, 0) is 4.79 Å². The third kappa shape index (κ3) is 2.50. The molecule has 0 aromatic carbocycles. The molecule has 0 atom stereocenters. The SMILES string of the molecule is C[NH2+]CC(=O)N1CCCCC1. The molecule has 0 unspecified atom stereocenters. The van der Waals surface area contributed by atoms with Crippen LogP contribution in [0.5, 0.6) is 0 Å². The average molecular weight is 157 g/mol. The van der Waals surface area contributed by atoms with Gasteiger partial charge in [-0.1, -0.05) is 0 Å². The lowest BCUT2D eigenvalue weighted by Crippen LogP contribution is -2.82. The molecule has 0 radical (unpaired) electrons. The fourth-order valence-corrected chi connectivity index (χ4v) is 1.45. The molecule has 64 valence electrons. The number of quaternary nitrogens is 1. The number of nitrogens with two attached hydrogens (primary N) is 1. The second kappa shape index (κ2) is 4.34. The Kier molecular flexibility index (Phi) is 3.36. The molecule has 1 aliphatic rings. The number of likely N-dealkylation sites (tertiary alicyclic amines) is 1. The van der Waals surface area contributed by atoms with Crippen LogP contribution >= 0.6 is 0 Å². The molecule has 1 amide bonds. The van der Waals surface area contributed by atoms with Crippen molar-refractivity contribution in [2.45, 2.75) is 19.3 Å². The van der Waals surface area contributed by atoms with Crippen LogP contribution in [0, 0.1) is 0 Å². The van der Waals surface area contributed by atoms with Gasteiger partial charge >= 0.3 is 0 Å². The molecular formula is C8H17N2O+. The zero-order chi connectivity index (χ0) is 8.10. The summed E-state index contributed by atoms with van der Waals surface area (Å²) >= 11 is 0. The summed E-state index contributed by atoms with van der Waals surface area (Å²) in [7, 11) is 1.93. The van der Waals surface area contributed by atoms with Crippen molar-refractivity contribution >= 4 is 5.91 Å². The van der Waals surface area contributed by atoms with Crippen molar-refractivity contribution in [3.05, 3.63) is 0 Å². The number of hydrogen-bond acceptors (Lipinski definition) is 1. The molecule has 0 aromatic heterocycles. The van der Waals surface area contributed by atoms with Crippen LogP contribution < -0.4 is 5.32 Å². The highest BCUT2D eigenvalue weighted by Crippen LogP contribution is 2.07. The van der Waals surface area contributed by atoms with E-state index in [1.54, 1.807) is 0 Å². The predicted octanol–water partition coefficient (Wildman–Crippen LogP) is -0.808. The smallest absolute Gasteiger partial charge is 0.277 e. The first kappa shape index (κ1) is 8.53. The zero-order valence-electron chi connectivity index (χ0n) is 7.18. The van der Waals surface area contributed by atoms with Crippen LogP contribution in [0.1, 0.15) is 19.3 Å². The topological polar surface area (TPSA) is 36.9 Å². The monoisotopic (exact) mass is 157 g/mol. The second-order valence-electron chi connectivity index (χ2n) is 3.05. The van der Waals surface area contributed by atoms with Gasteiger partial charge in [-0.25, -0.2) is 0 Å². The Morgan fingerprint density at radius 2 is 2.00 bits per heavy atom. The van der Waals surface area contributed by atoms with E-state index >= 15 is 0 Å². The summed E-state index contributed by atoms with van der Waals surface area (Å²) in [6, 6.07) is 0. The minimum atomic E-state index is 0.298. The number of carbonyl (C=O) groups excluding carboxylic acids is 1. The molecule has 1 saturated heterocycles. The van der Waals surface area contributed by atoms with E-state index in [1.165, 1.54) is 19.3 Å². The first-order valence-electron chi connectivity index (χ1n) is 4.40. The molecule has 11 heavy (non-hydrogen) atoms. The van der Waals surface area contributed by atoms with E-state index in [-0.39, 0.29) is 0 Å². The fourth-order valence-electron chi connectivity index (χ4n) is 1.45. The molecular weight excluding hydrogens is 140 g/mol. The van der Waals surface area contributed by atoms with Crippen molar-refractivity contribution in [3.63, 3.8) is 0 Å². The maximum absolute atomic E-state index is 11.3. The first-order chi connectivity index (χ1) is 5.34. The fraction of sp³-hybridized carbons (Fsp3) is 0.875. The normalized spacial score (nSPS) is 18.5. The van der Waals surface area contributed by atoms with Crippen LogP contribution in [0.2, 0.25) is 0 Å². The average Bonchev–Trinajstić information content (AvgIpc) is 2.07. The van der Waals surface area contributed by atoms with E-state index < -0.39 is 0 Å². The Morgan fingerprint density at radius 1 is 1.36 bits per heavy atom. The number of carbonyl (C=O) groups is 1. The molecule has 2 N–H and O–H groups in total. The van der Waals surface area contributed by atoms with Gasteiger partial charge in [0.05, 0.1) is 7.05 Å². The standard InChI is InChI=1S/C8H16N2O/c1-9-7-8(11)10-5-3-2-4-6-10/h9H,2-7H2,1H3/p+1. The van der Waals surface area contributed by atoms with Crippen molar-refractivity contribution in [3.8, 4) is 0 Å². The van der Waals surface area contributed by atoms with Gasteiger partial charge in [0.1, 0.15) is 0 Å². The van der Waals surface area contributed by atoms with Gasteiger partial charge in [0.25, 0.3) is 5.91 Å². The summed E-state index contributed by atoms with van der Waals surface area (Å²) in [4.78, 5) is 13.3. The van der Waals surface area contributed by atoms with E-state index in [9.17, 15) is 4.79 Å². The van der Waals surface area contributed by atoms with E-state index in [0.29, 0.717) is 12.5 Å². The summed E-state index contributed by atoms with van der Waals surface area (Å²) in [6.07, 6.45) is 3.67. The van der Waals surface area contributed by atoms with Gasteiger partial charge in [0.15, 0.2) is 6.54 Å². The molecule has 0 aliphatic carbocycles. The lowest BCUT2D eigenvalue weighted by Gasteiger charge is -2.25. The maximum atomic E-state index is 11.3. The Hall–Kier alpha value is -0.570. The number of amides is 1. The zero-order valence-corrected chi connectivity index (χ0v) is 7.18. The van der Waals surface area contributed by atoms with Crippen LogP contribution in [-0.4, -0.2) is 37.5 Å². The van der Waals surface area contributed by atoms with Gasteiger partial charge < -0.3 is 10.2 Å². The third-order valence-corrected chi connectivity index (χ3v) is 2.09. The highest BCUT2D eigenvalue weighted by atomic mass is 16.2. The molecule has 1 rings (SSSR count). The van der Waals surface area contributed by atoms with E-state index in [0.717, 1.165) is 13.1 Å². The third-order valence-electron chi connectivity index (χ3n) is 2.09. The van der Waals surface area contributed by atoms with E-state index in [1.807, 2.05) is 17.3 Å². The lowest BCUT2D eigenvalue weighted by atomic mass is 10.1. The summed E-state index contributed by atoms with van der Waals surface area (Å²) in [5, 5.41) is 1.93. The van der Waals surface area contributed by atoms with Crippen molar-refractivity contribution in [1.29, 1.82) is 0 Å². The summed E-state index contributed by atoms with van der Waals surface area (Å²) in [6.45, 7) is 2.57. The van der Waals surface area contributed by atoms with Crippen molar-refractivity contribution < 1.29 is 10.1 Å². The molecule has 3 heteroatoms. The molecule has 0 aromatic rings. The number of nitrogens with zero attached hydrogens (tertiary/aromatic N) is 1. The minimum absolute atomic E-state index is 0.298. The van der Waals surface area contributed by atoms with Gasteiger partial charge in [-0.3, -0.25) is 4.79 Å². The molecule has 0 spiro atoms. The number of hydrogen-bond donors (Lipinski definition) is 1. The van der Waals surface area contributed by atoms with Gasteiger partial charge in [0, 0.05) is 13.1 Å². The molecule has 1 fully saturated rings. The minimum Gasteiger partial charge on any atom is -0.341 e. The highest BCUT2D eigenvalue weighted by Gasteiger charge is 2.16. The molecule has 0 saturated carbocycles. The number of rotatable bonds is 2. The molecule has 3 nitrogen and oxygen atoms in total. The second-order valence-corrected chi connectivity index (χ2v) is 3.05. The van der Waals surface area contributed by atoms with Crippen molar-refractivity contribution in [2.75, 3.05) is 26.7 Å². The number of likely N-dealkylation sites (N-methyl/N-ethyl adjacent to an activating group) is 1. The molecule has 1 heterocycles. The first-order valence-corrected chi connectivity index (χ1v) is 4.40. The summed E-state index contributed by atoms with van der Waals surface area (Å²) in [5.74, 6) is 0.298. The van der Waals surface area contributed by atoms with Gasteiger partial charge in [-0.2, -0.15) is 0 Å². The predicted molar refractivity (Wildman–Crippen MR) is 43.1 cm³/mol. The largest absolute Gasteiger partial charge is 0.341 e. The van der Waals surface area contributed by atoms with Gasteiger partial charge in [-0.05, 0) is 19.3 Å². The lowest BCUT2D eigenvalue weighted by molar-refractivity contribution is -0.616. The Bertz CT molecular complexity index is 130. The van der Waals surface area contributed by atoms with Crippen molar-refractivity contribution in [2.24, 2.45) is 0 Å². The van der Waals surface area contributed by atoms with E-state index in [4.69, 9.17) is 0 Å². The van der Waals surface area contributed by atoms with Crippen LogP contribution in [0.4, 0.5) is 0 Å². The van der Waals surface area contributed by atoms with Crippen LogP contribution in [0.3, 0.4) is 0 Å². The highest BCUT2D eigenvalue weighted by molar-refractivity contribution is 5.77. The number of piperidine rings is 1. The Labute approximate surface area is 67.8 Å². The van der Waals surface area contributed by atoms with E-state index in [2.05, 4.69) is 0 Å². The van der Waals surface area contributed by atoms with Crippen LogP contribution in [0.25, 0.3) is 0 Å². The van der Waals surface area contributed by atoms with Gasteiger partial charge in [-0.15, -0.1) is 0 Å². The van der Waals surface area contributed by atoms with Crippen LogP contribution in [0.15, 0.2) is 0 Å². The van der Waals surface area contributed by atoms with Gasteiger partial charge in [0.2, 0.25) is 0 Å². The summed E-state index contributed by atoms with van der Waals surface area (Å²) in [5.41, 5.74) is 0. The molecule has 0 bridgehead atoms. The Balaban J connectivity index is 2.27. The van der Waals surface area contributed by atoms with Crippen molar-refractivity contribution in [1.82, 2.24) is 4.90 Å². The Morgan fingerprint density at radius 3 is 2.55 bits per heavy atom. The summed E-state index contributed by atoms with van der Waals surface area (Å²) < 4.78 is 0.